The van der Waals surface area contributed by atoms with E-state index >= 15 is 0 Å². The number of hydrogen-bond donors (Lipinski definition) is 1. The number of benzene rings is 1. The van der Waals surface area contributed by atoms with Crippen molar-refractivity contribution < 1.29 is 8.91 Å². The molecule has 0 spiro atoms. The molecule has 2 aromatic heterocycles. The Bertz CT molecular complexity index is 880. The molecule has 1 fully saturated rings. The third-order valence-electron chi connectivity index (χ3n) is 4.70. The van der Waals surface area contributed by atoms with Gasteiger partial charge in [-0.2, -0.15) is 4.98 Å². The second-order valence-corrected chi connectivity index (χ2v) is 6.36. The second kappa shape index (κ2) is 7.21. The lowest BCUT2D eigenvalue weighted by molar-refractivity contribution is 0.199. The average molecular weight is 353 g/mol. The van der Waals surface area contributed by atoms with Gasteiger partial charge in [-0.1, -0.05) is 23.4 Å². The predicted molar refractivity (Wildman–Crippen MR) is 95.9 cm³/mol. The zero-order chi connectivity index (χ0) is 17.9. The number of hydrogen-bond acceptors (Lipinski definition) is 6. The summed E-state index contributed by atoms with van der Waals surface area (Å²) in [5.74, 6) is 1.70. The minimum atomic E-state index is -0.180. The maximum Gasteiger partial charge on any atom is 0.244 e. The zero-order valence-corrected chi connectivity index (χ0v) is 14.5. The molecule has 1 aliphatic heterocycles. The molecule has 0 amide bonds. The summed E-state index contributed by atoms with van der Waals surface area (Å²) in [5, 5.41) is 7.07. The Balaban J connectivity index is 1.53. The maximum atomic E-state index is 14.0. The Kier molecular flexibility index (Phi) is 4.62. The van der Waals surface area contributed by atoms with E-state index in [9.17, 15) is 4.39 Å². The van der Waals surface area contributed by atoms with Crippen LogP contribution in [0.2, 0.25) is 0 Å². The first-order valence-corrected chi connectivity index (χ1v) is 8.70. The van der Waals surface area contributed by atoms with Gasteiger partial charge < -0.3 is 9.84 Å². The third kappa shape index (κ3) is 3.30. The molecule has 1 N–H and O–H groups in total. The first-order valence-electron chi connectivity index (χ1n) is 8.70. The van der Waals surface area contributed by atoms with E-state index in [2.05, 4.69) is 25.3 Å². The molecule has 1 aliphatic rings. The van der Waals surface area contributed by atoms with E-state index in [1.54, 1.807) is 12.3 Å². The monoisotopic (exact) mass is 353 g/mol. The summed E-state index contributed by atoms with van der Waals surface area (Å²) in [4.78, 5) is 11.0. The van der Waals surface area contributed by atoms with Crippen molar-refractivity contribution >= 4 is 5.82 Å². The number of pyridine rings is 1. The van der Waals surface area contributed by atoms with Gasteiger partial charge in [0, 0.05) is 30.9 Å². The van der Waals surface area contributed by atoms with Gasteiger partial charge in [0.25, 0.3) is 0 Å². The standard InChI is InChI=1S/C19H20FN5O/c1-21-17-9-8-13(11-22-17)18-23-19(26-24-18)16-7-4-10-25(16)12-14-5-2-3-6-15(14)20/h2-3,5-6,8-9,11,16H,4,7,10,12H2,1H3,(H,21,22)/t16-/m0/s1. The van der Waals surface area contributed by atoms with E-state index < -0.39 is 0 Å². The largest absolute Gasteiger partial charge is 0.373 e. The molecule has 3 aromatic rings. The molecule has 1 aromatic carbocycles. The van der Waals surface area contributed by atoms with Crippen LogP contribution < -0.4 is 5.32 Å². The summed E-state index contributed by atoms with van der Waals surface area (Å²) in [5.41, 5.74) is 1.49. The van der Waals surface area contributed by atoms with Gasteiger partial charge in [0.1, 0.15) is 11.6 Å². The van der Waals surface area contributed by atoms with E-state index in [0.29, 0.717) is 23.8 Å². The van der Waals surface area contributed by atoms with Crippen molar-refractivity contribution in [1.29, 1.82) is 0 Å². The maximum absolute atomic E-state index is 14.0. The highest BCUT2D eigenvalue weighted by molar-refractivity contribution is 5.55. The molecule has 4 rings (SSSR count). The highest BCUT2D eigenvalue weighted by Crippen LogP contribution is 2.33. The topological polar surface area (TPSA) is 67.1 Å². The number of nitrogens with one attached hydrogen (secondary N) is 1. The molecule has 6 nitrogen and oxygen atoms in total. The van der Waals surface area contributed by atoms with Crippen molar-refractivity contribution in [1.82, 2.24) is 20.0 Å². The molecular formula is C19H20FN5O. The van der Waals surface area contributed by atoms with Gasteiger partial charge in [-0.05, 0) is 37.6 Å². The van der Waals surface area contributed by atoms with Gasteiger partial charge in [0.05, 0.1) is 6.04 Å². The van der Waals surface area contributed by atoms with Crippen LogP contribution in [0.3, 0.4) is 0 Å². The van der Waals surface area contributed by atoms with E-state index in [1.807, 2.05) is 31.3 Å². The van der Waals surface area contributed by atoms with Crippen LogP contribution in [0.15, 0.2) is 47.1 Å². The van der Waals surface area contributed by atoms with Crippen molar-refractivity contribution in [3.63, 3.8) is 0 Å². The highest BCUT2D eigenvalue weighted by Gasteiger charge is 2.31. The molecule has 0 unspecified atom stereocenters. The molecule has 7 heteroatoms. The molecule has 3 heterocycles. The van der Waals surface area contributed by atoms with Crippen LogP contribution >= 0.6 is 0 Å². The number of nitrogens with zero attached hydrogens (tertiary/aromatic N) is 4. The van der Waals surface area contributed by atoms with Crippen LogP contribution in [-0.2, 0) is 6.54 Å². The summed E-state index contributed by atoms with van der Waals surface area (Å²) in [7, 11) is 1.82. The van der Waals surface area contributed by atoms with Crippen LogP contribution in [0.1, 0.15) is 30.3 Å². The van der Waals surface area contributed by atoms with Crippen molar-refractivity contribution in [2.75, 3.05) is 18.9 Å². The van der Waals surface area contributed by atoms with Crippen LogP contribution in [0, 0.1) is 5.82 Å². The molecular weight excluding hydrogens is 333 g/mol. The number of aromatic nitrogens is 3. The van der Waals surface area contributed by atoms with Crippen molar-refractivity contribution in [3.05, 3.63) is 59.9 Å². The minimum absolute atomic E-state index is 0.0143. The molecule has 26 heavy (non-hydrogen) atoms. The van der Waals surface area contributed by atoms with Gasteiger partial charge >= 0.3 is 0 Å². The summed E-state index contributed by atoms with van der Waals surface area (Å²) in [6, 6.07) is 10.7. The Morgan fingerprint density at radius 3 is 2.92 bits per heavy atom. The van der Waals surface area contributed by atoms with Gasteiger partial charge in [-0.25, -0.2) is 9.37 Å². The van der Waals surface area contributed by atoms with Crippen molar-refractivity contribution in [3.8, 4) is 11.4 Å². The fraction of sp³-hybridized carbons (Fsp3) is 0.316. The van der Waals surface area contributed by atoms with Gasteiger partial charge in [0.2, 0.25) is 11.7 Å². The zero-order valence-electron chi connectivity index (χ0n) is 14.5. The molecule has 1 atom stereocenters. The van der Waals surface area contributed by atoms with E-state index in [1.165, 1.54) is 6.07 Å². The quantitative estimate of drug-likeness (QED) is 0.755. The van der Waals surface area contributed by atoms with Gasteiger partial charge in [-0.15, -0.1) is 0 Å². The van der Waals surface area contributed by atoms with Gasteiger partial charge in [0.15, 0.2) is 0 Å². The summed E-state index contributed by atoms with van der Waals surface area (Å²) >= 11 is 0. The van der Waals surface area contributed by atoms with E-state index in [4.69, 9.17) is 4.52 Å². The number of anilines is 1. The van der Waals surface area contributed by atoms with Crippen LogP contribution in [0.4, 0.5) is 10.2 Å². The molecule has 0 bridgehead atoms. The Morgan fingerprint density at radius 2 is 2.15 bits per heavy atom. The Hall–Kier alpha value is -2.80. The highest BCUT2D eigenvalue weighted by atomic mass is 19.1. The minimum Gasteiger partial charge on any atom is -0.373 e. The average Bonchev–Trinajstić information content (AvgIpc) is 3.33. The Morgan fingerprint density at radius 1 is 1.27 bits per heavy atom. The number of halogens is 1. The van der Waals surface area contributed by atoms with Crippen molar-refractivity contribution in [2.45, 2.75) is 25.4 Å². The summed E-state index contributed by atoms with van der Waals surface area (Å²) < 4.78 is 19.5. The fourth-order valence-electron chi connectivity index (χ4n) is 3.30. The molecule has 0 saturated carbocycles. The second-order valence-electron chi connectivity index (χ2n) is 6.36. The predicted octanol–water partition coefficient (Wildman–Crippen LogP) is 3.65. The number of rotatable bonds is 5. The molecule has 0 radical (unpaired) electrons. The first kappa shape index (κ1) is 16.7. The Labute approximate surface area is 151 Å². The fourth-order valence-corrected chi connectivity index (χ4v) is 3.30. The van der Waals surface area contributed by atoms with Crippen LogP contribution in [-0.4, -0.2) is 33.6 Å². The van der Waals surface area contributed by atoms with Crippen LogP contribution in [0.25, 0.3) is 11.4 Å². The smallest absolute Gasteiger partial charge is 0.244 e. The lowest BCUT2D eigenvalue weighted by atomic mass is 10.1. The summed E-state index contributed by atoms with van der Waals surface area (Å²) in [6.45, 7) is 1.42. The van der Waals surface area contributed by atoms with E-state index in [0.717, 1.165) is 30.8 Å². The molecule has 0 aliphatic carbocycles. The molecule has 1 saturated heterocycles. The van der Waals surface area contributed by atoms with Gasteiger partial charge in [-0.3, -0.25) is 4.90 Å². The first-order chi connectivity index (χ1) is 12.7. The lowest BCUT2D eigenvalue weighted by Crippen LogP contribution is -2.23. The third-order valence-corrected chi connectivity index (χ3v) is 4.70. The van der Waals surface area contributed by atoms with Crippen molar-refractivity contribution in [2.24, 2.45) is 0 Å². The number of likely N-dealkylation sites (tertiary alicyclic amines) is 1. The van der Waals surface area contributed by atoms with Crippen LogP contribution in [0.5, 0.6) is 0 Å². The lowest BCUT2D eigenvalue weighted by Gasteiger charge is -2.21. The SMILES string of the molecule is CNc1ccc(-c2noc([C@@H]3CCCN3Cc3ccccc3F)n2)cn1. The molecule has 134 valence electrons. The van der Waals surface area contributed by atoms with E-state index in [-0.39, 0.29) is 11.9 Å². The normalized spacial score (nSPS) is 17.5. The summed E-state index contributed by atoms with van der Waals surface area (Å²) in [6.07, 6.45) is 3.66.